The second-order valence-electron chi connectivity index (χ2n) is 8.49. The van der Waals surface area contributed by atoms with Gasteiger partial charge in [0.1, 0.15) is 5.82 Å². The van der Waals surface area contributed by atoms with Gasteiger partial charge in [0.25, 0.3) is 5.56 Å². The standard InChI is InChI=1S/C22H27N5O3/c1-12-4-6-27(7-5-12)22-25-19-18(21(30)26-22)16(11-17(28)24-19)20(29)23-15-9-13(2)8-14(3)10-15/h8-10,12,16H,4-7,11H2,1-3H3,(H,23,29)(H2,24,25,26,28,30). The van der Waals surface area contributed by atoms with Crippen molar-refractivity contribution >= 4 is 29.3 Å². The average molecular weight is 409 g/mol. The van der Waals surface area contributed by atoms with Gasteiger partial charge < -0.3 is 15.5 Å². The number of amides is 2. The molecule has 4 rings (SSSR count). The SMILES string of the molecule is Cc1cc(C)cc(NC(=O)C2CC(=O)Nc3nc(N4CCC(C)CC4)[nH]c(=O)c32)c1. The molecule has 2 aliphatic rings. The lowest BCUT2D eigenvalue weighted by Gasteiger charge is -2.31. The number of benzene rings is 1. The number of anilines is 3. The molecule has 0 bridgehead atoms. The van der Waals surface area contributed by atoms with Gasteiger partial charge in [0.2, 0.25) is 17.8 Å². The number of aryl methyl sites for hydroxylation is 2. The monoisotopic (exact) mass is 409 g/mol. The van der Waals surface area contributed by atoms with Gasteiger partial charge in [-0.25, -0.2) is 0 Å². The Labute approximate surface area is 175 Å². The van der Waals surface area contributed by atoms with Crippen molar-refractivity contribution in [2.24, 2.45) is 5.92 Å². The van der Waals surface area contributed by atoms with Crippen LogP contribution >= 0.6 is 0 Å². The van der Waals surface area contributed by atoms with Gasteiger partial charge >= 0.3 is 0 Å². The van der Waals surface area contributed by atoms with Crippen molar-refractivity contribution in [2.45, 2.75) is 46.0 Å². The molecule has 8 heteroatoms. The first-order valence-electron chi connectivity index (χ1n) is 10.4. The van der Waals surface area contributed by atoms with E-state index in [1.54, 1.807) is 0 Å². The van der Waals surface area contributed by atoms with Crippen LogP contribution in [0.4, 0.5) is 17.5 Å². The minimum atomic E-state index is -0.888. The van der Waals surface area contributed by atoms with Crippen molar-refractivity contribution in [2.75, 3.05) is 28.6 Å². The van der Waals surface area contributed by atoms with E-state index in [0.717, 1.165) is 37.1 Å². The van der Waals surface area contributed by atoms with Crippen LogP contribution in [0.5, 0.6) is 0 Å². The number of H-pyrrole nitrogens is 1. The second-order valence-corrected chi connectivity index (χ2v) is 8.49. The lowest BCUT2D eigenvalue weighted by molar-refractivity contribution is -0.123. The van der Waals surface area contributed by atoms with E-state index in [4.69, 9.17) is 0 Å². The first kappa shape index (κ1) is 20.1. The number of aromatic amines is 1. The summed E-state index contributed by atoms with van der Waals surface area (Å²) in [5.74, 6) is -0.322. The fraction of sp³-hybridized carbons (Fsp3) is 0.455. The molecule has 30 heavy (non-hydrogen) atoms. The molecule has 1 saturated heterocycles. The topological polar surface area (TPSA) is 107 Å². The second kappa shape index (κ2) is 7.93. The van der Waals surface area contributed by atoms with E-state index >= 15 is 0 Å². The number of nitrogens with one attached hydrogen (secondary N) is 3. The maximum absolute atomic E-state index is 13.0. The average Bonchev–Trinajstić information content (AvgIpc) is 2.66. The van der Waals surface area contributed by atoms with Crippen LogP contribution in [0.1, 0.15) is 48.8 Å². The van der Waals surface area contributed by atoms with Crippen molar-refractivity contribution in [1.29, 1.82) is 0 Å². The van der Waals surface area contributed by atoms with E-state index < -0.39 is 5.92 Å². The molecule has 1 fully saturated rings. The van der Waals surface area contributed by atoms with Crippen LogP contribution < -0.4 is 21.1 Å². The van der Waals surface area contributed by atoms with Gasteiger partial charge in [-0.1, -0.05) is 13.0 Å². The molecule has 1 aromatic heterocycles. The molecule has 8 nitrogen and oxygen atoms in total. The highest BCUT2D eigenvalue weighted by molar-refractivity contribution is 6.04. The number of rotatable bonds is 3. The Morgan fingerprint density at radius 1 is 1.13 bits per heavy atom. The summed E-state index contributed by atoms with van der Waals surface area (Å²) < 4.78 is 0. The lowest BCUT2D eigenvalue weighted by atomic mass is 9.92. The molecule has 0 spiro atoms. The Hall–Kier alpha value is -3.16. The predicted molar refractivity (Wildman–Crippen MR) is 116 cm³/mol. The summed E-state index contributed by atoms with van der Waals surface area (Å²) in [6, 6.07) is 5.73. The summed E-state index contributed by atoms with van der Waals surface area (Å²) >= 11 is 0. The molecular formula is C22H27N5O3. The third-order valence-electron chi connectivity index (χ3n) is 5.83. The fourth-order valence-electron chi connectivity index (χ4n) is 4.23. The van der Waals surface area contributed by atoms with E-state index in [2.05, 4.69) is 27.5 Å². The van der Waals surface area contributed by atoms with Gasteiger partial charge in [0.05, 0.1) is 11.5 Å². The first-order chi connectivity index (χ1) is 14.3. The van der Waals surface area contributed by atoms with Gasteiger partial charge in [-0.15, -0.1) is 0 Å². The number of piperidine rings is 1. The van der Waals surface area contributed by atoms with E-state index in [-0.39, 0.29) is 35.2 Å². The highest BCUT2D eigenvalue weighted by atomic mass is 16.2. The lowest BCUT2D eigenvalue weighted by Crippen LogP contribution is -2.39. The molecule has 2 aliphatic heterocycles. The van der Waals surface area contributed by atoms with Crippen molar-refractivity contribution in [3.05, 3.63) is 45.2 Å². The van der Waals surface area contributed by atoms with Crippen molar-refractivity contribution in [1.82, 2.24) is 9.97 Å². The Morgan fingerprint density at radius 2 is 1.80 bits per heavy atom. The molecule has 3 N–H and O–H groups in total. The van der Waals surface area contributed by atoms with Crippen LogP contribution in [0.3, 0.4) is 0 Å². The van der Waals surface area contributed by atoms with Gasteiger partial charge in [-0.2, -0.15) is 4.98 Å². The number of carbonyl (C=O) groups excluding carboxylic acids is 2. The van der Waals surface area contributed by atoms with E-state index in [1.165, 1.54) is 0 Å². The van der Waals surface area contributed by atoms with E-state index in [9.17, 15) is 14.4 Å². The predicted octanol–water partition coefficient (Wildman–Crippen LogP) is 2.69. The zero-order chi connectivity index (χ0) is 21.4. The zero-order valence-electron chi connectivity index (χ0n) is 17.5. The van der Waals surface area contributed by atoms with Crippen molar-refractivity contribution in [3.63, 3.8) is 0 Å². The van der Waals surface area contributed by atoms with Gasteiger partial charge in [-0.05, 0) is 55.9 Å². The number of hydrogen-bond acceptors (Lipinski definition) is 5. The summed E-state index contributed by atoms with van der Waals surface area (Å²) in [6.07, 6.45) is 1.96. The summed E-state index contributed by atoms with van der Waals surface area (Å²) in [5, 5.41) is 5.53. The van der Waals surface area contributed by atoms with Crippen LogP contribution in [0.25, 0.3) is 0 Å². The molecule has 0 radical (unpaired) electrons. The molecule has 0 saturated carbocycles. The van der Waals surface area contributed by atoms with Crippen LogP contribution in [-0.4, -0.2) is 34.9 Å². The number of hydrogen-bond donors (Lipinski definition) is 3. The largest absolute Gasteiger partial charge is 0.342 e. The number of carbonyl (C=O) groups is 2. The molecule has 3 heterocycles. The number of fused-ring (bicyclic) bond motifs is 1. The third kappa shape index (κ3) is 4.08. The Kier molecular flexibility index (Phi) is 5.32. The maximum atomic E-state index is 13.0. The smallest absolute Gasteiger partial charge is 0.258 e. The highest BCUT2D eigenvalue weighted by Crippen LogP contribution is 2.31. The highest BCUT2D eigenvalue weighted by Gasteiger charge is 2.35. The van der Waals surface area contributed by atoms with Crippen LogP contribution in [-0.2, 0) is 9.59 Å². The van der Waals surface area contributed by atoms with E-state index in [1.807, 2.05) is 36.9 Å². The molecule has 2 amide bonds. The van der Waals surface area contributed by atoms with E-state index in [0.29, 0.717) is 17.6 Å². The minimum Gasteiger partial charge on any atom is -0.342 e. The Bertz CT molecular complexity index is 1030. The summed E-state index contributed by atoms with van der Waals surface area (Å²) in [7, 11) is 0. The minimum absolute atomic E-state index is 0.0883. The fourth-order valence-corrected chi connectivity index (χ4v) is 4.23. The van der Waals surface area contributed by atoms with Gasteiger partial charge in [0, 0.05) is 25.2 Å². The van der Waals surface area contributed by atoms with Crippen molar-refractivity contribution < 1.29 is 9.59 Å². The normalized spacial score (nSPS) is 19.2. The molecule has 1 aromatic carbocycles. The van der Waals surface area contributed by atoms with Crippen LogP contribution in [0.2, 0.25) is 0 Å². The molecular weight excluding hydrogens is 382 g/mol. The number of nitrogens with zero attached hydrogens (tertiary/aromatic N) is 2. The summed E-state index contributed by atoms with van der Waals surface area (Å²) in [6.45, 7) is 7.70. The van der Waals surface area contributed by atoms with Crippen LogP contribution in [0, 0.1) is 19.8 Å². The molecule has 0 aliphatic carbocycles. The summed E-state index contributed by atoms with van der Waals surface area (Å²) in [4.78, 5) is 47.5. The summed E-state index contributed by atoms with van der Waals surface area (Å²) in [5.41, 5.74) is 2.52. The molecule has 1 unspecified atom stereocenters. The third-order valence-corrected chi connectivity index (χ3v) is 5.83. The molecule has 158 valence electrons. The molecule has 2 aromatic rings. The maximum Gasteiger partial charge on any atom is 0.258 e. The first-order valence-corrected chi connectivity index (χ1v) is 10.4. The molecule has 1 atom stereocenters. The van der Waals surface area contributed by atoms with Crippen LogP contribution in [0.15, 0.2) is 23.0 Å². The van der Waals surface area contributed by atoms with Crippen molar-refractivity contribution in [3.8, 4) is 0 Å². The quantitative estimate of drug-likeness (QED) is 0.723. The number of aromatic nitrogens is 2. The van der Waals surface area contributed by atoms with Gasteiger partial charge in [-0.3, -0.25) is 19.4 Å². The zero-order valence-corrected chi connectivity index (χ0v) is 17.5. The Balaban J connectivity index is 1.63. The van der Waals surface area contributed by atoms with Gasteiger partial charge in [0.15, 0.2) is 0 Å². The Morgan fingerprint density at radius 3 is 2.47 bits per heavy atom.